The lowest BCUT2D eigenvalue weighted by molar-refractivity contribution is 0.0758. The van der Waals surface area contributed by atoms with E-state index in [1.54, 1.807) is 33.7 Å². The van der Waals surface area contributed by atoms with Crippen LogP contribution in [0.4, 0.5) is 0 Å². The fourth-order valence-electron chi connectivity index (χ4n) is 3.48. The van der Waals surface area contributed by atoms with Crippen molar-refractivity contribution in [1.29, 1.82) is 0 Å². The third-order valence-corrected chi connectivity index (χ3v) is 7.22. The first kappa shape index (κ1) is 15.4. The van der Waals surface area contributed by atoms with E-state index >= 15 is 0 Å². The van der Waals surface area contributed by atoms with E-state index in [0.717, 1.165) is 6.42 Å². The molecule has 2 aliphatic rings. The van der Waals surface area contributed by atoms with Crippen LogP contribution in [0.2, 0.25) is 0 Å². The molecule has 7 heteroatoms. The van der Waals surface area contributed by atoms with Crippen molar-refractivity contribution >= 4 is 15.9 Å². The topological polar surface area (TPSA) is 70.6 Å². The van der Waals surface area contributed by atoms with Gasteiger partial charge in [0.15, 0.2) is 0 Å². The number of rotatable bonds is 2. The summed E-state index contributed by atoms with van der Waals surface area (Å²) in [7, 11) is -3.19. The Kier molecular flexibility index (Phi) is 4.18. The van der Waals surface area contributed by atoms with Gasteiger partial charge in [-0.2, -0.15) is 0 Å². The first-order valence-electron chi connectivity index (χ1n) is 7.72. The largest absolute Gasteiger partial charge is 0.339 e. The van der Waals surface area contributed by atoms with Crippen LogP contribution < -0.4 is 0 Å². The van der Waals surface area contributed by atoms with E-state index in [1.165, 1.54) is 0 Å². The normalized spacial score (nSPS) is 28.1. The fraction of sp³-hybridized carbons (Fsp3) is 0.600. The SMILES string of the molecule is CCN1C[C@@H]2CCN(C(=O)c3cccnc3)CC[C@@H]2S1(=O)=O. The van der Waals surface area contributed by atoms with Crippen molar-refractivity contribution in [3.8, 4) is 0 Å². The number of pyridine rings is 1. The number of nitrogens with zero attached hydrogens (tertiary/aromatic N) is 3. The Balaban J connectivity index is 1.74. The molecule has 0 saturated carbocycles. The van der Waals surface area contributed by atoms with E-state index in [4.69, 9.17) is 0 Å². The van der Waals surface area contributed by atoms with Gasteiger partial charge in [0.1, 0.15) is 0 Å². The summed E-state index contributed by atoms with van der Waals surface area (Å²) >= 11 is 0. The number of carbonyl (C=O) groups is 1. The standard InChI is InChI=1S/C15H21N3O3S/c1-2-18-11-13-5-8-17(9-6-14(13)22(18,20)21)15(19)12-4-3-7-16-10-12/h3-4,7,10,13-14H,2,5-6,8-9,11H2,1H3/t13-,14-/m0/s1. The summed E-state index contributed by atoms with van der Waals surface area (Å²) in [6, 6.07) is 3.49. The molecule has 1 amide bonds. The molecule has 0 aliphatic carbocycles. The molecule has 2 atom stereocenters. The Morgan fingerprint density at radius 2 is 2.14 bits per heavy atom. The summed E-state index contributed by atoms with van der Waals surface area (Å²) in [4.78, 5) is 18.2. The zero-order chi connectivity index (χ0) is 15.7. The van der Waals surface area contributed by atoms with Crippen LogP contribution in [-0.2, 0) is 10.0 Å². The molecule has 0 radical (unpaired) electrons. The summed E-state index contributed by atoms with van der Waals surface area (Å²) < 4.78 is 26.5. The van der Waals surface area contributed by atoms with E-state index < -0.39 is 10.0 Å². The van der Waals surface area contributed by atoms with Crippen molar-refractivity contribution in [1.82, 2.24) is 14.2 Å². The van der Waals surface area contributed by atoms with E-state index in [9.17, 15) is 13.2 Å². The molecule has 6 nitrogen and oxygen atoms in total. The molecular weight excluding hydrogens is 302 g/mol. The van der Waals surface area contributed by atoms with Crippen LogP contribution in [0.3, 0.4) is 0 Å². The van der Waals surface area contributed by atoms with Crippen LogP contribution in [0.5, 0.6) is 0 Å². The maximum Gasteiger partial charge on any atom is 0.255 e. The lowest BCUT2D eigenvalue weighted by Crippen LogP contribution is -2.34. The summed E-state index contributed by atoms with van der Waals surface area (Å²) in [6.07, 6.45) is 4.46. The fourth-order valence-corrected chi connectivity index (χ4v) is 5.73. The van der Waals surface area contributed by atoms with Gasteiger partial charge in [-0.15, -0.1) is 0 Å². The number of aromatic nitrogens is 1. The predicted octanol–water partition coefficient (Wildman–Crippen LogP) is 0.968. The van der Waals surface area contributed by atoms with Gasteiger partial charge in [-0.1, -0.05) is 6.92 Å². The second kappa shape index (κ2) is 5.96. The van der Waals surface area contributed by atoms with Crippen LogP contribution in [0.15, 0.2) is 24.5 Å². The van der Waals surface area contributed by atoms with Crippen LogP contribution >= 0.6 is 0 Å². The minimum atomic E-state index is -3.19. The van der Waals surface area contributed by atoms with Gasteiger partial charge in [0.2, 0.25) is 10.0 Å². The Labute approximate surface area is 131 Å². The molecule has 0 unspecified atom stereocenters. The monoisotopic (exact) mass is 323 g/mol. The molecule has 2 fully saturated rings. The van der Waals surface area contributed by atoms with Gasteiger partial charge in [0.25, 0.3) is 5.91 Å². The Morgan fingerprint density at radius 1 is 1.36 bits per heavy atom. The zero-order valence-corrected chi connectivity index (χ0v) is 13.5. The maximum atomic E-state index is 12.5. The highest BCUT2D eigenvalue weighted by atomic mass is 32.2. The van der Waals surface area contributed by atoms with Gasteiger partial charge in [-0.25, -0.2) is 12.7 Å². The number of sulfonamides is 1. The highest BCUT2D eigenvalue weighted by Gasteiger charge is 2.46. The number of hydrogen-bond donors (Lipinski definition) is 0. The number of hydrogen-bond acceptors (Lipinski definition) is 4. The lowest BCUT2D eigenvalue weighted by Gasteiger charge is -2.21. The van der Waals surface area contributed by atoms with Crippen molar-refractivity contribution in [3.63, 3.8) is 0 Å². The van der Waals surface area contributed by atoms with Crippen LogP contribution in [-0.4, -0.2) is 59.9 Å². The molecular formula is C15H21N3O3S. The van der Waals surface area contributed by atoms with Crippen molar-refractivity contribution in [2.24, 2.45) is 5.92 Å². The minimum absolute atomic E-state index is 0.0576. The van der Waals surface area contributed by atoms with E-state index in [-0.39, 0.29) is 17.1 Å². The average Bonchev–Trinajstić information content (AvgIpc) is 2.68. The second-order valence-corrected chi connectivity index (χ2v) is 8.06. The van der Waals surface area contributed by atoms with E-state index in [2.05, 4.69) is 4.98 Å². The Hall–Kier alpha value is -1.47. The van der Waals surface area contributed by atoms with Crippen LogP contribution in [0.1, 0.15) is 30.1 Å². The molecule has 0 bridgehead atoms. The summed E-state index contributed by atoms with van der Waals surface area (Å²) in [5, 5.41) is -0.334. The quantitative estimate of drug-likeness (QED) is 0.813. The zero-order valence-electron chi connectivity index (χ0n) is 12.7. The van der Waals surface area contributed by atoms with Gasteiger partial charge >= 0.3 is 0 Å². The number of likely N-dealkylation sites (tertiary alicyclic amines) is 1. The van der Waals surface area contributed by atoms with Gasteiger partial charge in [0.05, 0.1) is 10.8 Å². The van der Waals surface area contributed by atoms with E-state index in [1.807, 2.05) is 6.92 Å². The van der Waals surface area contributed by atoms with Gasteiger partial charge in [-0.3, -0.25) is 9.78 Å². The van der Waals surface area contributed by atoms with Crippen LogP contribution in [0.25, 0.3) is 0 Å². The third kappa shape index (κ3) is 2.63. The first-order valence-corrected chi connectivity index (χ1v) is 9.22. The Bertz CT molecular complexity index is 647. The molecule has 2 saturated heterocycles. The number of amides is 1. The van der Waals surface area contributed by atoms with Crippen molar-refractivity contribution in [2.45, 2.75) is 25.0 Å². The second-order valence-electron chi connectivity index (χ2n) is 5.91. The molecule has 3 rings (SSSR count). The molecule has 1 aromatic rings. The lowest BCUT2D eigenvalue weighted by atomic mass is 10.0. The van der Waals surface area contributed by atoms with E-state index in [0.29, 0.717) is 38.2 Å². The summed E-state index contributed by atoms with van der Waals surface area (Å²) in [6.45, 7) is 4.11. The minimum Gasteiger partial charge on any atom is -0.339 e. The highest BCUT2D eigenvalue weighted by molar-refractivity contribution is 7.90. The summed E-state index contributed by atoms with van der Waals surface area (Å²) in [5.41, 5.74) is 0.563. The Morgan fingerprint density at radius 3 is 2.82 bits per heavy atom. The average molecular weight is 323 g/mol. The van der Waals surface area contributed by atoms with Gasteiger partial charge in [-0.05, 0) is 30.9 Å². The van der Waals surface area contributed by atoms with Crippen molar-refractivity contribution in [2.75, 3.05) is 26.2 Å². The van der Waals surface area contributed by atoms with Gasteiger partial charge in [0, 0.05) is 38.6 Å². The van der Waals surface area contributed by atoms with Gasteiger partial charge < -0.3 is 4.90 Å². The molecule has 1 aromatic heterocycles. The highest BCUT2D eigenvalue weighted by Crippen LogP contribution is 2.34. The molecule has 2 aliphatic heterocycles. The van der Waals surface area contributed by atoms with Crippen molar-refractivity contribution in [3.05, 3.63) is 30.1 Å². The molecule has 0 spiro atoms. The molecule has 22 heavy (non-hydrogen) atoms. The number of fused-ring (bicyclic) bond motifs is 1. The third-order valence-electron chi connectivity index (χ3n) is 4.71. The molecule has 120 valence electrons. The first-order chi connectivity index (χ1) is 10.5. The summed E-state index contributed by atoms with van der Waals surface area (Å²) in [5.74, 6) is 0.0782. The smallest absolute Gasteiger partial charge is 0.255 e. The van der Waals surface area contributed by atoms with Crippen molar-refractivity contribution < 1.29 is 13.2 Å². The maximum absolute atomic E-state index is 12.5. The molecule has 0 aromatic carbocycles. The van der Waals surface area contributed by atoms with Crippen LogP contribution in [0, 0.1) is 5.92 Å². The number of carbonyl (C=O) groups excluding carboxylic acids is 1. The molecule has 0 N–H and O–H groups in total. The predicted molar refractivity (Wildman–Crippen MR) is 82.8 cm³/mol. The molecule has 3 heterocycles.